The minimum Gasteiger partial charge on any atom is -0.365 e. The summed E-state index contributed by atoms with van der Waals surface area (Å²) in [5.74, 6) is 0.639. The Bertz CT molecular complexity index is 389. The Morgan fingerprint density at radius 1 is 1.18 bits per heavy atom. The predicted molar refractivity (Wildman–Crippen MR) is 66.5 cm³/mol. The van der Waals surface area contributed by atoms with Crippen molar-refractivity contribution >= 4 is 5.82 Å². The molecule has 0 radical (unpaired) electrons. The van der Waals surface area contributed by atoms with Crippen molar-refractivity contribution in [1.29, 1.82) is 5.26 Å². The summed E-state index contributed by atoms with van der Waals surface area (Å²) in [6.07, 6.45) is 10.4. The number of aromatic nitrogens is 2. The minimum atomic E-state index is 0.444. The van der Waals surface area contributed by atoms with Gasteiger partial charge in [-0.1, -0.05) is 32.1 Å². The van der Waals surface area contributed by atoms with Crippen molar-refractivity contribution < 1.29 is 0 Å². The Morgan fingerprint density at radius 3 is 2.59 bits per heavy atom. The molecular formula is C13H18N4. The second kappa shape index (κ2) is 6.19. The average Bonchev–Trinajstić information content (AvgIpc) is 2.33. The van der Waals surface area contributed by atoms with Crippen LogP contribution in [0.3, 0.4) is 0 Å². The smallest absolute Gasteiger partial charge is 0.166 e. The fraction of sp³-hybridized carbons (Fsp3) is 0.615. The van der Waals surface area contributed by atoms with Gasteiger partial charge in [-0.2, -0.15) is 10.4 Å². The summed E-state index contributed by atoms with van der Waals surface area (Å²) >= 11 is 0. The van der Waals surface area contributed by atoms with Crippen molar-refractivity contribution in [1.82, 2.24) is 10.2 Å². The molecule has 0 amide bonds. The Labute approximate surface area is 102 Å². The van der Waals surface area contributed by atoms with Gasteiger partial charge in [0.1, 0.15) is 6.07 Å². The molecule has 0 aromatic carbocycles. The van der Waals surface area contributed by atoms with Crippen LogP contribution in [0.15, 0.2) is 12.3 Å². The molecule has 2 rings (SSSR count). The fourth-order valence-corrected chi connectivity index (χ4v) is 2.32. The zero-order chi connectivity index (χ0) is 11.9. The lowest BCUT2D eigenvalue weighted by atomic mass is 9.96. The van der Waals surface area contributed by atoms with E-state index >= 15 is 0 Å². The number of nitriles is 1. The molecule has 0 bridgehead atoms. The van der Waals surface area contributed by atoms with Crippen molar-refractivity contribution in [3.63, 3.8) is 0 Å². The quantitative estimate of drug-likeness (QED) is 0.848. The van der Waals surface area contributed by atoms with E-state index in [9.17, 15) is 0 Å². The first-order chi connectivity index (χ1) is 8.40. The maximum Gasteiger partial charge on any atom is 0.166 e. The number of rotatable bonds is 2. The van der Waals surface area contributed by atoms with Crippen molar-refractivity contribution in [2.45, 2.75) is 51.0 Å². The van der Waals surface area contributed by atoms with Crippen molar-refractivity contribution in [2.75, 3.05) is 5.32 Å². The first-order valence-corrected chi connectivity index (χ1v) is 6.38. The second-order valence-corrected chi connectivity index (χ2v) is 4.59. The van der Waals surface area contributed by atoms with Gasteiger partial charge in [-0.05, 0) is 18.9 Å². The summed E-state index contributed by atoms with van der Waals surface area (Å²) in [4.78, 5) is 0. The third-order valence-corrected chi connectivity index (χ3v) is 3.29. The van der Waals surface area contributed by atoms with Crippen molar-refractivity contribution in [2.24, 2.45) is 0 Å². The molecule has 0 saturated heterocycles. The maximum atomic E-state index is 8.99. The summed E-state index contributed by atoms with van der Waals surface area (Å²) in [7, 11) is 0. The molecule has 4 nitrogen and oxygen atoms in total. The Hall–Kier alpha value is -1.63. The molecule has 17 heavy (non-hydrogen) atoms. The fourth-order valence-electron chi connectivity index (χ4n) is 2.32. The number of anilines is 1. The summed E-state index contributed by atoms with van der Waals surface area (Å²) < 4.78 is 0. The third kappa shape index (κ3) is 3.42. The van der Waals surface area contributed by atoms with Crippen LogP contribution in [0.2, 0.25) is 0 Å². The van der Waals surface area contributed by atoms with Crippen LogP contribution in [0.1, 0.15) is 50.5 Å². The molecule has 1 heterocycles. The molecule has 0 atom stereocenters. The Morgan fingerprint density at radius 2 is 1.88 bits per heavy atom. The highest BCUT2D eigenvalue weighted by Gasteiger charge is 2.13. The van der Waals surface area contributed by atoms with Gasteiger partial charge < -0.3 is 5.32 Å². The van der Waals surface area contributed by atoms with E-state index in [1.54, 1.807) is 12.3 Å². The van der Waals surface area contributed by atoms with E-state index in [-0.39, 0.29) is 0 Å². The zero-order valence-electron chi connectivity index (χ0n) is 10.0. The zero-order valence-corrected chi connectivity index (χ0v) is 10.0. The van der Waals surface area contributed by atoms with Crippen LogP contribution in [-0.4, -0.2) is 16.2 Å². The molecule has 4 heteroatoms. The van der Waals surface area contributed by atoms with Crippen LogP contribution in [0.5, 0.6) is 0 Å². The van der Waals surface area contributed by atoms with Crippen molar-refractivity contribution in [3.05, 3.63) is 17.8 Å². The minimum absolute atomic E-state index is 0.444. The number of nitrogens with zero attached hydrogens (tertiary/aromatic N) is 3. The van der Waals surface area contributed by atoms with Gasteiger partial charge in [-0.15, -0.1) is 5.10 Å². The maximum absolute atomic E-state index is 8.99. The highest BCUT2D eigenvalue weighted by atomic mass is 15.2. The molecule has 1 fully saturated rings. The van der Waals surface area contributed by atoms with Gasteiger partial charge in [0.15, 0.2) is 5.82 Å². The van der Waals surface area contributed by atoms with E-state index in [0.29, 0.717) is 17.4 Å². The summed E-state index contributed by atoms with van der Waals surface area (Å²) in [6.45, 7) is 0. The molecule has 1 saturated carbocycles. The van der Waals surface area contributed by atoms with Crippen LogP contribution in [0.25, 0.3) is 0 Å². The van der Waals surface area contributed by atoms with E-state index in [1.165, 1.54) is 44.9 Å². The molecule has 1 aliphatic rings. The molecular weight excluding hydrogens is 212 g/mol. The van der Waals surface area contributed by atoms with Crippen LogP contribution < -0.4 is 5.32 Å². The topological polar surface area (TPSA) is 61.6 Å². The van der Waals surface area contributed by atoms with Crippen LogP contribution in [0.4, 0.5) is 5.82 Å². The number of hydrogen-bond acceptors (Lipinski definition) is 4. The lowest BCUT2D eigenvalue weighted by molar-refractivity contribution is 0.470. The highest BCUT2D eigenvalue weighted by molar-refractivity contribution is 5.50. The largest absolute Gasteiger partial charge is 0.365 e. The molecule has 0 aliphatic heterocycles. The molecule has 1 aromatic heterocycles. The molecule has 0 unspecified atom stereocenters. The van der Waals surface area contributed by atoms with Gasteiger partial charge in [0.25, 0.3) is 0 Å². The van der Waals surface area contributed by atoms with Gasteiger partial charge in [0.05, 0.1) is 11.8 Å². The third-order valence-electron chi connectivity index (χ3n) is 3.29. The average molecular weight is 230 g/mol. The Balaban J connectivity index is 2.01. The summed E-state index contributed by atoms with van der Waals surface area (Å²) in [6, 6.07) is 4.30. The van der Waals surface area contributed by atoms with E-state index in [1.807, 2.05) is 0 Å². The monoisotopic (exact) mass is 230 g/mol. The van der Waals surface area contributed by atoms with E-state index in [2.05, 4.69) is 21.6 Å². The lowest BCUT2D eigenvalue weighted by Crippen LogP contribution is -2.22. The summed E-state index contributed by atoms with van der Waals surface area (Å²) in [5.41, 5.74) is 0.585. The van der Waals surface area contributed by atoms with Crippen LogP contribution in [-0.2, 0) is 0 Å². The predicted octanol–water partition coefficient (Wildman–Crippen LogP) is 2.87. The van der Waals surface area contributed by atoms with Crippen LogP contribution in [0, 0.1) is 11.3 Å². The molecule has 1 N–H and O–H groups in total. The number of hydrogen-bond donors (Lipinski definition) is 1. The van der Waals surface area contributed by atoms with Crippen molar-refractivity contribution in [3.8, 4) is 6.07 Å². The second-order valence-electron chi connectivity index (χ2n) is 4.59. The van der Waals surface area contributed by atoms with Gasteiger partial charge >= 0.3 is 0 Å². The first-order valence-electron chi connectivity index (χ1n) is 6.38. The first kappa shape index (κ1) is 11.8. The molecule has 0 spiro atoms. The molecule has 1 aromatic rings. The van der Waals surface area contributed by atoms with Crippen LogP contribution >= 0.6 is 0 Å². The van der Waals surface area contributed by atoms with E-state index < -0.39 is 0 Å². The van der Waals surface area contributed by atoms with E-state index in [0.717, 1.165) is 0 Å². The molecule has 1 aliphatic carbocycles. The normalized spacial score (nSPS) is 17.8. The van der Waals surface area contributed by atoms with Gasteiger partial charge in [0, 0.05) is 6.04 Å². The van der Waals surface area contributed by atoms with Gasteiger partial charge in [0.2, 0.25) is 0 Å². The lowest BCUT2D eigenvalue weighted by Gasteiger charge is -2.21. The van der Waals surface area contributed by atoms with Gasteiger partial charge in [-0.25, -0.2) is 0 Å². The Kier molecular flexibility index (Phi) is 4.31. The van der Waals surface area contributed by atoms with Gasteiger partial charge in [-0.3, -0.25) is 0 Å². The molecule has 90 valence electrons. The highest BCUT2D eigenvalue weighted by Crippen LogP contribution is 2.20. The van der Waals surface area contributed by atoms with E-state index in [4.69, 9.17) is 5.26 Å². The standard InChI is InChI=1S/C13H18N4/c14-10-11-8-9-15-17-13(11)16-12-6-4-2-1-3-5-7-12/h8-9,12H,1-7H2,(H,16,17). The summed E-state index contributed by atoms with van der Waals surface area (Å²) in [5, 5.41) is 20.2. The number of nitrogens with one attached hydrogen (secondary N) is 1. The SMILES string of the molecule is N#Cc1ccnnc1NC1CCCCCCC1.